The second-order valence-electron chi connectivity index (χ2n) is 4.45. The summed E-state index contributed by atoms with van der Waals surface area (Å²) in [5, 5.41) is 5.71. The van der Waals surface area contributed by atoms with E-state index in [1.54, 1.807) is 25.1 Å². The molecule has 112 valence electrons. The molecule has 1 heterocycles. The summed E-state index contributed by atoms with van der Waals surface area (Å²) in [6.07, 6.45) is 0. The molecule has 1 aliphatic rings. The van der Waals surface area contributed by atoms with E-state index in [9.17, 15) is 9.59 Å². The number of benzene rings is 1. The number of carbonyl (C=O) groups excluding carboxylic acids is 2. The Morgan fingerprint density at radius 3 is 2.67 bits per heavy atom. The SMILES string of the molecule is COC(=O)C1=C(C)NC(=O)N[C@@H]1c1cc(Cl)ccc1OC. The van der Waals surface area contributed by atoms with E-state index in [0.29, 0.717) is 27.6 Å². The molecule has 0 saturated heterocycles. The minimum absolute atomic E-state index is 0.303. The van der Waals surface area contributed by atoms with Gasteiger partial charge in [0.15, 0.2) is 0 Å². The van der Waals surface area contributed by atoms with E-state index in [2.05, 4.69) is 10.6 Å². The Morgan fingerprint density at radius 1 is 1.33 bits per heavy atom. The van der Waals surface area contributed by atoms with Crippen LogP contribution in [-0.2, 0) is 9.53 Å². The molecule has 2 N–H and O–H groups in total. The average Bonchev–Trinajstić information content (AvgIpc) is 2.45. The van der Waals surface area contributed by atoms with E-state index < -0.39 is 18.0 Å². The minimum Gasteiger partial charge on any atom is -0.496 e. The molecule has 2 amide bonds. The topological polar surface area (TPSA) is 76.7 Å². The first kappa shape index (κ1) is 15.2. The maximum absolute atomic E-state index is 12.0. The van der Waals surface area contributed by atoms with Gasteiger partial charge in [0.05, 0.1) is 25.8 Å². The summed E-state index contributed by atoms with van der Waals surface area (Å²) in [6.45, 7) is 1.63. The first-order valence-electron chi connectivity index (χ1n) is 6.18. The third-order valence-electron chi connectivity index (χ3n) is 3.18. The van der Waals surface area contributed by atoms with Gasteiger partial charge in [-0.15, -0.1) is 0 Å². The van der Waals surface area contributed by atoms with Crippen LogP contribution in [0.1, 0.15) is 18.5 Å². The predicted octanol–water partition coefficient (Wildman–Crippen LogP) is 2.15. The number of hydrogen-bond acceptors (Lipinski definition) is 4. The monoisotopic (exact) mass is 310 g/mol. The average molecular weight is 311 g/mol. The van der Waals surface area contributed by atoms with Crippen LogP contribution in [0.2, 0.25) is 5.02 Å². The van der Waals surface area contributed by atoms with Crippen molar-refractivity contribution < 1.29 is 19.1 Å². The standard InChI is InChI=1S/C14H15ClN2O4/c1-7-11(13(18)21-3)12(17-14(19)16-7)9-6-8(15)4-5-10(9)20-2/h4-6,12H,1-3H3,(H2,16,17,19)/t12-/m1/s1. The van der Waals surface area contributed by atoms with Gasteiger partial charge in [0.1, 0.15) is 5.75 Å². The number of rotatable bonds is 3. The summed E-state index contributed by atoms with van der Waals surface area (Å²) in [7, 11) is 2.79. The van der Waals surface area contributed by atoms with Crippen molar-refractivity contribution >= 4 is 23.6 Å². The summed E-state index contributed by atoms with van der Waals surface area (Å²) in [5.74, 6) is -0.0205. The molecule has 1 atom stereocenters. The Balaban J connectivity index is 2.59. The lowest BCUT2D eigenvalue weighted by Crippen LogP contribution is -2.45. The quantitative estimate of drug-likeness (QED) is 0.839. The van der Waals surface area contributed by atoms with E-state index >= 15 is 0 Å². The molecule has 6 nitrogen and oxygen atoms in total. The minimum atomic E-state index is -0.695. The molecule has 0 fully saturated rings. The van der Waals surface area contributed by atoms with E-state index in [1.165, 1.54) is 14.2 Å². The number of amides is 2. The molecule has 0 unspecified atom stereocenters. The summed E-state index contributed by atoms with van der Waals surface area (Å²) >= 11 is 6.01. The van der Waals surface area contributed by atoms with Crippen molar-refractivity contribution in [2.24, 2.45) is 0 Å². The molecule has 7 heteroatoms. The molecule has 0 aromatic heterocycles. The van der Waals surface area contributed by atoms with E-state index in [1.807, 2.05) is 0 Å². The summed E-state index contributed by atoms with van der Waals surface area (Å²) < 4.78 is 10.1. The Morgan fingerprint density at radius 2 is 2.05 bits per heavy atom. The van der Waals surface area contributed by atoms with Gasteiger partial charge in [-0.1, -0.05) is 11.6 Å². The maximum Gasteiger partial charge on any atom is 0.337 e. The van der Waals surface area contributed by atoms with Gasteiger partial charge in [0, 0.05) is 16.3 Å². The molecule has 1 aliphatic heterocycles. The van der Waals surface area contributed by atoms with Gasteiger partial charge in [-0.2, -0.15) is 0 Å². The van der Waals surface area contributed by atoms with Crippen LogP contribution < -0.4 is 15.4 Å². The number of urea groups is 1. The van der Waals surface area contributed by atoms with Gasteiger partial charge in [0.2, 0.25) is 0 Å². The van der Waals surface area contributed by atoms with E-state index in [0.717, 1.165) is 0 Å². The van der Waals surface area contributed by atoms with Crippen LogP contribution in [-0.4, -0.2) is 26.2 Å². The Labute approximate surface area is 127 Å². The van der Waals surface area contributed by atoms with Gasteiger partial charge in [-0.05, 0) is 25.1 Å². The van der Waals surface area contributed by atoms with Crippen LogP contribution in [0, 0.1) is 0 Å². The molecule has 2 rings (SSSR count). The molecule has 0 saturated carbocycles. The Hall–Kier alpha value is -2.21. The Bertz CT molecular complexity index is 627. The fourth-order valence-corrected chi connectivity index (χ4v) is 2.42. The molecule has 1 aromatic rings. The van der Waals surface area contributed by atoms with Crippen molar-refractivity contribution in [3.63, 3.8) is 0 Å². The molecule has 0 bridgehead atoms. The fraction of sp³-hybridized carbons (Fsp3) is 0.286. The lowest BCUT2D eigenvalue weighted by molar-refractivity contribution is -0.136. The normalized spacial score (nSPS) is 17.9. The second-order valence-corrected chi connectivity index (χ2v) is 4.88. The first-order valence-corrected chi connectivity index (χ1v) is 6.55. The van der Waals surface area contributed by atoms with Crippen LogP contribution in [0.15, 0.2) is 29.5 Å². The first-order chi connectivity index (χ1) is 9.97. The maximum atomic E-state index is 12.0. The number of nitrogens with one attached hydrogen (secondary N) is 2. The van der Waals surface area contributed by atoms with Gasteiger partial charge >= 0.3 is 12.0 Å². The van der Waals surface area contributed by atoms with Gasteiger partial charge in [-0.25, -0.2) is 9.59 Å². The zero-order chi connectivity index (χ0) is 15.6. The third kappa shape index (κ3) is 2.95. The molecular weight excluding hydrogens is 296 g/mol. The summed E-state index contributed by atoms with van der Waals surface area (Å²) in [6, 6.07) is 3.89. The highest BCUT2D eigenvalue weighted by Gasteiger charge is 2.33. The van der Waals surface area contributed by atoms with Gasteiger partial charge < -0.3 is 20.1 Å². The van der Waals surface area contributed by atoms with Crippen LogP contribution in [0.25, 0.3) is 0 Å². The lowest BCUT2D eigenvalue weighted by Gasteiger charge is -2.28. The second kappa shape index (κ2) is 6.05. The third-order valence-corrected chi connectivity index (χ3v) is 3.41. The number of ether oxygens (including phenoxy) is 2. The highest BCUT2D eigenvalue weighted by atomic mass is 35.5. The van der Waals surface area contributed by atoms with Crippen molar-refractivity contribution in [1.29, 1.82) is 0 Å². The van der Waals surface area contributed by atoms with Gasteiger partial charge in [-0.3, -0.25) is 0 Å². The molecule has 21 heavy (non-hydrogen) atoms. The van der Waals surface area contributed by atoms with Crippen molar-refractivity contribution in [3.05, 3.63) is 40.1 Å². The zero-order valence-electron chi connectivity index (χ0n) is 11.8. The van der Waals surface area contributed by atoms with Crippen LogP contribution in [0.3, 0.4) is 0 Å². The number of esters is 1. The summed E-state index contributed by atoms with van der Waals surface area (Å²) in [5.41, 5.74) is 1.31. The number of halogens is 1. The smallest absolute Gasteiger partial charge is 0.337 e. The highest BCUT2D eigenvalue weighted by molar-refractivity contribution is 6.30. The molecular formula is C14H15ClN2O4. The fourth-order valence-electron chi connectivity index (χ4n) is 2.24. The number of carbonyl (C=O) groups is 2. The van der Waals surface area contributed by atoms with Crippen molar-refractivity contribution in [3.8, 4) is 5.75 Å². The largest absolute Gasteiger partial charge is 0.496 e. The van der Waals surface area contributed by atoms with Crippen molar-refractivity contribution in [1.82, 2.24) is 10.6 Å². The van der Waals surface area contributed by atoms with E-state index in [-0.39, 0.29) is 0 Å². The number of allylic oxidation sites excluding steroid dienone is 1. The zero-order valence-corrected chi connectivity index (χ0v) is 12.6. The van der Waals surface area contributed by atoms with Crippen LogP contribution >= 0.6 is 11.6 Å². The predicted molar refractivity (Wildman–Crippen MR) is 77.1 cm³/mol. The Kier molecular flexibility index (Phi) is 4.37. The van der Waals surface area contributed by atoms with Crippen LogP contribution in [0.4, 0.5) is 4.79 Å². The van der Waals surface area contributed by atoms with Crippen molar-refractivity contribution in [2.45, 2.75) is 13.0 Å². The van der Waals surface area contributed by atoms with Crippen molar-refractivity contribution in [2.75, 3.05) is 14.2 Å². The molecule has 1 aromatic carbocycles. The molecule has 0 aliphatic carbocycles. The number of methoxy groups -OCH3 is 2. The van der Waals surface area contributed by atoms with Gasteiger partial charge in [0.25, 0.3) is 0 Å². The van der Waals surface area contributed by atoms with Crippen LogP contribution in [0.5, 0.6) is 5.75 Å². The lowest BCUT2D eigenvalue weighted by atomic mass is 9.95. The molecule has 0 radical (unpaired) electrons. The van der Waals surface area contributed by atoms with E-state index in [4.69, 9.17) is 21.1 Å². The summed E-state index contributed by atoms with van der Waals surface area (Å²) in [4.78, 5) is 23.7. The molecule has 0 spiro atoms. The highest BCUT2D eigenvalue weighted by Crippen LogP contribution is 2.35. The number of hydrogen-bond donors (Lipinski definition) is 2.